The number of piperazine rings is 1. The summed E-state index contributed by atoms with van der Waals surface area (Å²) in [6.45, 7) is 2.47. The number of rotatable bonds is 7. The molecule has 4 aromatic rings. The lowest BCUT2D eigenvalue weighted by Crippen LogP contribution is -2.51. The largest absolute Gasteiger partial charge is 0.494 e. The van der Waals surface area contributed by atoms with Crippen LogP contribution in [0, 0.1) is 0 Å². The second kappa shape index (κ2) is 9.98. The number of anilines is 3. The van der Waals surface area contributed by atoms with Crippen molar-refractivity contribution in [1.82, 2.24) is 25.3 Å². The number of hydrogen-bond acceptors (Lipinski definition) is 9. The van der Waals surface area contributed by atoms with Crippen LogP contribution < -0.4 is 20.3 Å². The summed E-state index contributed by atoms with van der Waals surface area (Å²) in [6.07, 6.45) is 5.87. The third-order valence-corrected chi connectivity index (χ3v) is 5.87. The van der Waals surface area contributed by atoms with Gasteiger partial charge < -0.3 is 25.4 Å². The summed E-state index contributed by atoms with van der Waals surface area (Å²) in [5.74, 6) is 2.74. The van der Waals surface area contributed by atoms with Gasteiger partial charge in [-0.3, -0.25) is 4.98 Å². The van der Waals surface area contributed by atoms with E-state index in [-0.39, 0.29) is 12.6 Å². The van der Waals surface area contributed by atoms with Crippen LogP contribution in [0.15, 0.2) is 61.1 Å². The standard InChI is InChI=1S/C25H27N7O2/c1-34-21-15-26-14-20-23(21)25(32-11-10-27-19(16-32)8-12-33)31-24(30-20)17-7-9-28-22(13-17)29-18-5-3-2-4-6-18/h2-7,9,13-15,19,27,33H,8,10-12,16H2,1H3,(H,28,29). The third kappa shape index (κ3) is 4.61. The van der Waals surface area contributed by atoms with Gasteiger partial charge in [0.1, 0.15) is 17.4 Å². The van der Waals surface area contributed by atoms with Crippen molar-refractivity contribution >= 4 is 28.2 Å². The van der Waals surface area contributed by atoms with E-state index in [4.69, 9.17) is 14.7 Å². The van der Waals surface area contributed by atoms with E-state index in [0.29, 0.717) is 29.3 Å². The highest BCUT2D eigenvalue weighted by molar-refractivity contribution is 5.95. The first-order valence-corrected chi connectivity index (χ1v) is 11.3. The molecule has 1 aromatic carbocycles. The second-order valence-corrected chi connectivity index (χ2v) is 8.14. The minimum atomic E-state index is 0.142. The van der Waals surface area contributed by atoms with Crippen LogP contribution in [0.5, 0.6) is 5.75 Å². The molecular formula is C25H27N7O2. The number of nitrogens with zero attached hydrogens (tertiary/aromatic N) is 5. The highest BCUT2D eigenvalue weighted by atomic mass is 16.5. The van der Waals surface area contributed by atoms with Gasteiger partial charge in [0.25, 0.3) is 0 Å². The maximum Gasteiger partial charge on any atom is 0.162 e. The number of para-hydroxylation sites is 1. The van der Waals surface area contributed by atoms with Crippen LogP contribution >= 0.6 is 0 Å². The van der Waals surface area contributed by atoms with Crippen molar-refractivity contribution < 1.29 is 9.84 Å². The lowest BCUT2D eigenvalue weighted by Gasteiger charge is -2.35. The van der Waals surface area contributed by atoms with Crippen molar-refractivity contribution in [3.63, 3.8) is 0 Å². The van der Waals surface area contributed by atoms with Gasteiger partial charge in [-0.15, -0.1) is 0 Å². The molecule has 4 heterocycles. The smallest absolute Gasteiger partial charge is 0.162 e. The zero-order valence-electron chi connectivity index (χ0n) is 19.0. The second-order valence-electron chi connectivity index (χ2n) is 8.14. The van der Waals surface area contributed by atoms with Gasteiger partial charge in [-0.25, -0.2) is 15.0 Å². The summed E-state index contributed by atoms with van der Waals surface area (Å²) in [6, 6.07) is 13.9. The van der Waals surface area contributed by atoms with Crippen molar-refractivity contribution in [3.05, 3.63) is 61.1 Å². The summed E-state index contributed by atoms with van der Waals surface area (Å²) in [7, 11) is 1.63. The minimum Gasteiger partial charge on any atom is -0.494 e. The number of aliphatic hydroxyl groups is 1. The van der Waals surface area contributed by atoms with Gasteiger partial charge in [0.15, 0.2) is 5.82 Å². The molecule has 0 amide bonds. The van der Waals surface area contributed by atoms with E-state index < -0.39 is 0 Å². The summed E-state index contributed by atoms with van der Waals surface area (Å²) in [4.78, 5) is 20.8. The van der Waals surface area contributed by atoms with Crippen molar-refractivity contribution in [2.24, 2.45) is 0 Å². The first-order chi connectivity index (χ1) is 16.7. The lowest BCUT2D eigenvalue weighted by molar-refractivity contribution is 0.260. The van der Waals surface area contributed by atoms with Crippen LogP contribution in [0.2, 0.25) is 0 Å². The number of pyridine rings is 2. The van der Waals surface area contributed by atoms with E-state index in [1.165, 1.54) is 0 Å². The van der Waals surface area contributed by atoms with E-state index in [2.05, 4.69) is 25.5 Å². The first-order valence-electron chi connectivity index (χ1n) is 11.3. The van der Waals surface area contributed by atoms with Crippen LogP contribution in [0.3, 0.4) is 0 Å². The predicted octanol–water partition coefficient (Wildman–Crippen LogP) is 3.00. The fraction of sp³-hybridized carbons (Fsp3) is 0.280. The maximum absolute atomic E-state index is 9.43. The first kappa shape index (κ1) is 22.0. The van der Waals surface area contributed by atoms with Gasteiger partial charge >= 0.3 is 0 Å². The van der Waals surface area contributed by atoms with Gasteiger partial charge in [-0.2, -0.15) is 0 Å². The van der Waals surface area contributed by atoms with Crippen LogP contribution in [-0.4, -0.2) is 64.4 Å². The molecule has 1 atom stereocenters. The highest BCUT2D eigenvalue weighted by Crippen LogP contribution is 2.34. The molecule has 34 heavy (non-hydrogen) atoms. The Balaban J connectivity index is 1.57. The van der Waals surface area contributed by atoms with Gasteiger partial charge in [0.05, 0.1) is 30.4 Å². The van der Waals surface area contributed by atoms with E-state index in [9.17, 15) is 5.11 Å². The van der Waals surface area contributed by atoms with Gasteiger partial charge in [0, 0.05) is 49.7 Å². The molecule has 1 aliphatic heterocycles. The van der Waals surface area contributed by atoms with Crippen LogP contribution in [0.1, 0.15) is 6.42 Å². The van der Waals surface area contributed by atoms with Gasteiger partial charge in [0.2, 0.25) is 0 Å². The molecule has 0 aliphatic carbocycles. The fourth-order valence-corrected chi connectivity index (χ4v) is 4.22. The Kier molecular flexibility index (Phi) is 6.46. The number of hydrogen-bond donors (Lipinski definition) is 3. The molecule has 1 fully saturated rings. The zero-order chi connectivity index (χ0) is 23.3. The Morgan fingerprint density at radius 1 is 1.18 bits per heavy atom. The Morgan fingerprint density at radius 3 is 2.88 bits per heavy atom. The fourth-order valence-electron chi connectivity index (χ4n) is 4.22. The van der Waals surface area contributed by atoms with Crippen molar-refractivity contribution in [1.29, 1.82) is 0 Å². The number of aliphatic hydroxyl groups excluding tert-OH is 1. The normalized spacial score (nSPS) is 15.9. The van der Waals surface area contributed by atoms with Crippen LogP contribution in [-0.2, 0) is 0 Å². The van der Waals surface area contributed by atoms with Crippen molar-refractivity contribution in [2.45, 2.75) is 12.5 Å². The number of benzene rings is 1. The quantitative estimate of drug-likeness (QED) is 0.386. The molecule has 0 spiro atoms. The molecule has 0 radical (unpaired) electrons. The molecule has 0 bridgehead atoms. The van der Waals surface area contributed by atoms with E-state index in [1.807, 2.05) is 42.5 Å². The number of methoxy groups -OCH3 is 1. The average Bonchev–Trinajstić information content (AvgIpc) is 2.89. The Bertz CT molecular complexity index is 1270. The molecule has 9 nitrogen and oxygen atoms in total. The van der Waals surface area contributed by atoms with Crippen LogP contribution in [0.25, 0.3) is 22.3 Å². The summed E-state index contributed by atoms with van der Waals surface area (Å²) >= 11 is 0. The predicted molar refractivity (Wildman–Crippen MR) is 133 cm³/mol. The molecule has 1 unspecified atom stereocenters. The van der Waals surface area contributed by atoms with Gasteiger partial charge in [-0.05, 0) is 30.7 Å². The number of aromatic nitrogens is 4. The number of nitrogens with one attached hydrogen (secondary N) is 2. The molecule has 3 aromatic heterocycles. The van der Waals surface area contributed by atoms with Crippen molar-refractivity contribution in [3.8, 4) is 17.1 Å². The third-order valence-electron chi connectivity index (χ3n) is 5.87. The monoisotopic (exact) mass is 457 g/mol. The molecule has 3 N–H and O–H groups in total. The average molecular weight is 458 g/mol. The van der Waals surface area contributed by atoms with Gasteiger partial charge in [-0.1, -0.05) is 18.2 Å². The summed E-state index contributed by atoms with van der Waals surface area (Å²) in [5, 5.41) is 17.1. The summed E-state index contributed by atoms with van der Waals surface area (Å²) in [5.41, 5.74) is 2.52. The highest BCUT2D eigenvalue weighted by Gasteiger charge is 2.24. The molecule has 1 saturated heterocycles. The number of ether oxygens (including phenoxy) is 1. The van der Waals surface area contributed by atoms with E-state index in [0.717, 1.165) is 42.1 Å². The summed E-state index contributed by atoms with van der Waals surface area (Å²) < 4.78 is 5.62. The van der Waals surface area contributed by atoms with E-state index in [1.54, 1.807) is 25.7 Å². The van der Waals surface area contributed by atoms with Crippen molar-refractivity contribution in [2.75, 3.05) is 43.6 Å². The molecule has 174 valence electrons. The van der Waals surface area contributed by atoms with Crippen LogP contribution in [0.4, 0.5) is 17.3 Å². The topological polar surface area (TPSA) is 108 Å². The SMILES string of the molecule is COc1cncc2nc(-c3ccnc(Nc4ccccc4)c3)nc(N3CCNC(CCO)C3)c12. The molecule has 9 heteroatoms. The Morgan fingerprint density at radius 2 is 2.06 bits per heavy atom. The minimum absolute atomic E-state index is 0.142. The Labute approximate surface area is 197 Å². The Hall–Kier alpha value is -3.82. The molecule has 1 aliphatic rings. The zero-order valence-corrected chi connectivity index (χ0v) is 19.0. The van der Waals surface area contributed by atoms with E-state index >= 15 is 0 Å². The lowest BCUT2D eigenvalue weighted by atomic mass is 10.1. The molecule has 5 rings (SSSR count). The number of fused-ring (bicyclic) bond motifs is 1. The molecule has 0 saturated carbocycles. The molecular weight excluding hydrogens is 430 g/mol. The maximum atomic E-state index is 9.43.